The molecule has 0 bridgehead atoms. The molecule has 0 fully saturated rings. The lowest BCUT2D eigenvalue weighted by atomic mass is 10.1. The number of benzene rings is 1. The summed E-state index contributed by atoms with van der Waals surface area (Å²) in [7, 11) is 0. The van der Waals surface area contributed by atoms with E-state index in [4.69, 9.17) is 5.73 Å². The standard InChI is InChI=1S/C11H16BrNS/c1-8(2)14-11(7-13)9-3-5-10(12)6-4-9/h3-6,8,11H,7,13H2,1-2H3. The van der Waals surface area contributed by atoms with Gasteiger partial charge in [-0.25, -0.2) is 0 Å². The first-order valence-corrected chi connectivity index (χ1v) is 6.48. The summed E-state index contributed by atoms with van der Waals surface area (Å²) in [5.74, 6) is 0. The van der Waals surface area contributed by atoms with E-state index in [2.05, 4.69) is 54.0 Å². The van der Waals surface area contributed by atoms with E-state index < -0.39 is 0 Å². The summed E-state index contributed by atoms with van der Waals surface area (Å²) >= 11 is 5.35. The van der Waals surface area contributed by atoms with Gasteiger partial charge in [-0.15, -0.1) is 11.8 Å². The smallest absolute Gasteiger partial charge is 0.0422 e. The summed E-state index contributed by atoms with van der Waals surface area (Å²) in [5.41, 5.74) is 7.07. The first-order chi connectivity index (χ1) is 6.63. The Bertz CT molecular complexity index is 271. The summed E-state index contributed by atoms with van der Waals surface area (Å²) in [6, 6.07) is 8.41. The van der Waals surface area contributed by atoms with Gasteiger partial charge in [-0.1, -0.05) is 41.9 Å². The molecular weight excluding hydrogens is 258 g/mol. The zero-order valence-electron chi connectivity index (χ0n) is 8.53. The predicted molar refractivity (Wildman–Crippen MR) is 68.7 cm³/mol. The monoisotopic (exact) mass is 273 g/mol. The minimum Gasteiger partial charge on any atom is -0.329 e. The summed E-state index contributed by atoms with van der Waals surface area (Å²) in [6.45, 7) is 5.10. The first-order valence-electron chi connectivity index (χ1n) is 4.74. The maximum atomic E-state index is 5.76. The molecule has 0 aliphatic rings. The van der Waals surface area contributed by atoms with Gasteiger partial charge in [0.25, 0.3) is 0 Å². The molecule has 14 heavy (non-hydrogen) atoms. The van der Waals surface area contributed by atoms with Crippen LogP contribution < -0.4 is 5.73 Å². The fourth-order valence-corrected chi connectivity index (χ4v) is 2.62. The lowest BCUT2D eigenvalue weighted by Crippen LogP contribution is -2.11. The molecule has 0 aromatic heterocycles. The van der Waals surface area contributed by atoms with Gasteiger partial charge in [-0.2, -0.15) is 0 Å². The quantitative estimate of drug-likeness (QED) is 0.908. The van der Waals surface area contributed by atoms with Crippen molar-refractivity contribution in [2.24, 2.45) is 5.73 Å². The normalized spacial score (nSPS) is 13.2. The Morgan fingerprint density at radius 3 is 2.29 bits per heavy atom. The van der Waals surface area contributed by atoms with Crippen LogP contribution >= 0.6 is 27.7 Å². The van der Waals surface area contributed by atoms with Gasteiger partial charge in [0.2, 0.25) is 0 Å². The molecule has 0 saturated heterocycles. The van der Waals surface area contributed by atoms with E-state index in [1.807, 2.05) is 11.8 Å². The number of nitrogens with two attached hydrogens (primary N) is 1. The van der Waals surface area contributed by atoms with Gasteiger partial charge in [0, 0.05) is 16.3 Å². The summed E-state index contributed by atoms with van der Waals surface area (Å²) in [4.78, 5) is 0. The van der Waals surface area contributed by atoms with Gasteiger partial charge in [0.1, 0.15) is 0 Å². The van der Waals surface area contributed by atoms with Gasteiger partial charge in [-0.05, 0) is 22.9 Å². The van der Waals surface area contributed by atoms with Crippen molar-refractivity contribution in [3.05, 3.63) is 34.3 Å². The number of thioether (sulfide) groups is 1. The Morgan fingerprint density at radius 2 is 1.86 bits per heavy atom. The van der Waals surface area contributed by atoms with Crippen molar-refractivity contribution in [2.75, 3.05) is 6.54 Å². The van der Waals surface area contributed by atoms with Crippen molar-refractivity contribution < 1.29 is 0 Å². The average Bonchev–Trinajstić information content (AvgIpc) is 2.15. The number of hydrogen-bond acceptors (Lipinski definition) is 2. The Kier molecular flexibility index (Phi) is 4.99. The van der Waals surface area contributed by atoms with Crippen LogP contribution in [0.15, 0.2) is 28.7 Å². The second-order valence-electron chi connectivity index (χ2n) is 3.46. The van der Waals surface area contributed by atoms with Crippen LogP contribution in [-0.4, -0.2) is 11.8 Å². The van der Waals surface area contributed by atoms with E-state index in [1.165, 1.54) is 5.56 Å². The van der Waals surface area contributed by atoms with Crippen LogP contribution in [0.2, 0.25) is 0 Å². The van der Waals surface area contributed by atoms with Gasteiger partial charge in [0.05, 0.1) is 0 Å². The molecule has 0 aliphatic heterocycles. The van der Waals surface area contributed by atoms with Gasteiger partial charge < -0.3 is 5.73 Å². The molecule has 1 aromatic carbocycles. The molecule has 1 unspecified atom stereocenters. The second kappa shape index (κ2) is 5.79. The molecule has 0 amide bonds. The van der Waals surface area contributed by atoms with Crippen LogP contribution in [0.1, 0.15) is 24.7 Å². The van der Waals surface area contributed by atoms with Gasteiger partial charge in [0.15, 0.2) is 0 Å². The Morgan fingerprint density at radius 1 is 1.29 bits per heavy atom. The van der Waals surface area contributed by atoms with E-state index in [0.29, 0.717) is 17.0 Å². The first kappa shape index (κ1) is 12.1. The molecule has 0 saturated carbocycles. The summed E-state index contributed by atoms with van der Waals surface area (Å²) in [6.07, 6.45) is 0. The van der Waals surface area contributed by atoms with Crippen LogP contribution in [0.25, 0.3) is 0 Å². The van der Waals surface area contributed by atoms with Gasteiger partial charge >= 0.3 is 0 Å². The fraction of sp³-hybridized carbons (Fsp3) is 0.455. The molecule has 1 nitrogen and oxygen atoms in total. The van der Waals surface area contributed by atoms with Crippen molar-refractivity contribution in [1.29, 1.82) is 0 Å². The zero-order chi connectivity index (χ0) is 10.6. The van der Waals surface area contributed by atoms with E-state index in [0.717, 1.165) is 4.47 Å². The summed E-state index contributed by atoms with van der Waals surface area (Å²) in [5, 5.41) is 1.04. The molecule has 0 heterocycles. The Hall–Kier alpha value is 0.01000. The van der Waals surface area contributed by atoms with Crippen LogP contribution in [0.4, 0.5) is 0 Å². The van der Waals surface area contributed by atoms with Gasteiger partial charge in [-0.3, -0.25) is 0 Å². The minimum atomic E-state index is 0.420. The molecule has 1 atom stereocenters. The maximum Gasteiger partial charge on any atom is 0.0422 e. The van der Waals surface area contributed by atoms with E-state index in [1.54, 1.807) is 0 Å². The van der Waals surface area contributed by atoms with Crippen molar-refractivity contribution in [2.45, 2.75) is 24.3 Å². The molecule has 0 spiro atoms. The number of halogens is 1. The average molecular weight is 274 g/mol. The Labute approximate surface area is 98.6 Å². The van der Waals surface area contributed by atoms with E-state index in [-0.39, 0.29) is 0 Å². The van der Waals surface area contributed by atoms with E-state index >= 15 is 0 Å². The zero-order valence-corrected chi connectivity index (χ0v) is 10.9. The maximum absolute atomic E-state index is 5.76. The fourth-order valence-electron chi connectivity index (χ4n) is 1.28. The molecule has 0 aliphatic carbocycles. The molecule has 2 N–H and O–H groups in total. The lowest BCUT2D eigenvalue weighted by molar-refractivity contribution is 0.928. The summed E-state index contributed by atoms with van der Waals surface area (Å²) < 4.78 is 1.12. The topological polar surface area (TPSA) is 26.0 Å². The number of hydrogen-bond donors (Lipinski definition) is 1. The molecule has 3 heteroatoms. The molecular formula is C11H16BrNS. The second-order valence-corrected chi connectivity index (χ2v) is 6.16. The highest BCUT2D eigenvalue weighted by Crippen LogP contribution is 2.31. The molecule has 1 rings (SSSR count). The van der Waals surface area contributed by atoms with Crippen molar-refractivity contribution in [1.82, 2.24) is 0 Å². The van der Waals surface area contributed by atoms with Crippen LogP contribution in [-0.2, 0) is 0 Å². The lowest BCUT2D eigenvalue weighted by Gasteiger charge is -2.17. The Balaban J connectivity index is 2.73. The molecule has 0 radical (unpaired) electrons. The highest BCUT2D eigenvalue weighted by molar-refractivity contribution is 9.10. The predicted octanol–water partition coefficient (Wildman–Crippen LogP) is 3.59. The highest BCUT2D eigenvalue weighted by atomic mass is 79.9. The third-order valence-electron chi connectivity index (χ3n) is 1.89. The molecule has 1 aromatic rings. The number of rotatable bonds is 4. The van der Waals surface area contributed by atoms with Crippen LogP contribution in [0.3, 0.4) is 0 Å². The van der Waals surface area contributed by atoms with Crippen LogP contribution in [0, 0.1) is 0 Å². The van der Waals surface area contributed by atoms with Crippen LogP contribution in [0.5, 0.6) is 0 Å². The van der Waals surface area contributed by atoms with Crippen molar-refractivity contribution in [3.8, 4) is 0 Å². The SMILES string of the molecule is CC(C)SC(CN)c1ccc(Br)cc1. The van der Waals surface area contributed by atoms with Crippen molar-refractivity contribution in [3.63, 3.8) is 0 Å². The third-order valence-corrected chi connectivity index (χ3v) is 3.76. The highest BCUT2D eigenvalue weighted by Gasteiger charge is 2.11. The minimum absolute atomic E-state index is 0.420. The molecule has 78 valence electrons. The largest absolute Gasteiger partial charge is 0.329 e. The van der Waals surface area contributed by atoms with Crippen molar-refractivity contribution >= 4 is 27.7 Å². The third kappa shape index (κ3) is 3.64. The van der Waals surface area contributed by atoms with E-state index in [9.17, 15) is 0 Å².